The Kier molecular flexibility index (Phi) is 5.48. The number of hydrogen-bond donors (Lipinski definition) is 1. The van der Waals surface area contributed by atoms with Crippen LogP contribution in [0.15, 0.2) is 53.6 Å². The number of nitrogens with one attached hydrogen (secondary N) is 1. The van der Waals surface area contributed by atoms with Crippen LogP contribution in [0.4, 0.5) is 5.69 Å². The Morgan fingerprint density at radius 1 is 1.22 bits per heavy atom. The zero-order valence-corrected chi connectivity index (χ0v) is 16.9. The number of rotatable bonds is 4. The molecular formula is C20H20ClN3O2S. The van der Waals surface area contributed by atoms with E-state index in [2.05, 4.69) is 31.1 Å². The van der Waals surface area contributed by atoms with Crippen LogP contribution in [0, 0.1) is 0 Å². The number of benzene rings is 1. The third-order valence-electron chi connectivity index (χ3n) is 3.91. The molecule has 0 unspecified atom stereocenters. The number of halogens is 1. The van der Waals surface area contributed by atoms with Crippen molar-refractivity contribution in [1.29, 1.82) is 0 Å². The van der Waals surface area contributed by atoms with Crippen molar-refractivity contribution in [2.75, 3.05) is 5.32 Å². The van der Waals surface area contributed by atoms with Gasteiger partial charge in [-0.3, -0.25) is 9.59 Å². The van der Waals surface area contributed by atoms with Crippen molar-refractivity contribution in [3.63, 3.8) is 0 Å². The van der Waals surface area contributed by atoms with Crippen molar-refractivity contribution < 1.29 is 4.79 Å². The van der Waals surface area contributed by atoms with E-state index in [9.17, 15) is 9.59 Å². The summed E-state index contributed by atoms with van der Waals surface area (Å²) >= 11 is 7.55. The second-order valence-corrected chi connectivity index (χ2v) is 8.65. The first kappa shape index (κ1) is 19.3. The van der Waals surface area contributed by atoms with Gasteiger partial charge in [-0.05, 0) is 17.7 Å². The quantitative estimate of drug-likeness (QED) is 0.697. The number of nitrogens with zero attached hydrogens (tertiary/aromatic N) is 2. The van der Waals surface area contributed by atoms with Crippen molar-refractivity contribution >= 4 is 34.5 Å². The molecule has 3 rings (SSSR count). The number of thiazole rings is 1. The minimum Gasteiger partial charge on any atom is -0.320 e. The summed E-state index contributed by atoms with van der Waals surface area (Å²) in [6, 6.07) is 10.4. The van der Waals surface area contributed by atoms with Gasteiger partial charge in [0.1, 0.15) is 4.88 Å². The summed E-state index contributed by atoms with van der Waals surface area (Å²) in [7, 11) is 0. The van der Waals surface area contributed by atoms with E-state index >= 15 is 0 Å². The molecule has 0 radical (unpaired) electrons. The van der Waals surface area contributed by atoms with Crippen molar-refractivity contribution in [1.82, 2.24) is 9.55 Å². The molecule has 0 fully saturated rings. The Labute approximate surface area is 166 Å². The second kappa shape index (κ2) is 7.66. The molecule has 0 aliphatic carbocycles. The lowest BCUT2D eigenvalue weighted by Gasteiger charge is -2.13. The van der Waals surface area contributed by atoms with E-state index in [-0.39, 0.29) is 16.9 Å². The number of carbonyl (C=O) groups is 1. The van der Waals surface area contributed by atoms with Crippen LogP contribution in [0.1, 0.15) is 41.0 Å². The predicted octanol–water partition coefficient (Wildman–Crippen LogP) is 4.56. The van der Waals surface area contributed by atoms with Crippen LogP contribution in [-0.2, 0) is 12.0 Å². The highest BCUT2D eigenvalue weighted by Crippen LogP contribution is 2.27. The maximum absolute atomic E-state index is 12.5. The third-order valence-corrected chi connectivity index (χ3v) is 5.70. The first-order chi connectivity index (χ1) is 12.7. The van der Waals surface area contributed by atoms with Gasteiger partial charge in [-0.1, -0.05) is 50.6 Å². The van der Waals surface area contributed by atoms with Gasteiger partial charge in [-0.15, -0.1) is 11.3 Å². The van der Waals surface area contributed by atoms with Crippen LogP contribution in [0.5, 0.6) is 0 Å². The summed E-state index contributed by atoms with van der Waals surface area (Å²) in [4.78, 5) is 29.5. The van der Waals surface area contributed by atoms with Crippen molar-refractivity contribution in [2.45, 2.75) is 32.7 Å². The molecule has 0 atom stereocenters. The normalized spacial score (nSPS) is 11.4. The number of anilines is 1. The summed E-state index contributed by atoms with van der Waals surface area (Å²) in [5.74, 6) is -0.244. The summed E-state index contributed by atoms with van der Waals surface area (Å²) in [6.45, 7) is 6.49. The number of pyridine rings is 1. The minimum atomic E-state index is -0.244. The van der Waals surface area contributed by atoms with E-state index in [0.29, 0.717) is 22.1 Å². The van der Waals surface area contributed by atoms with Gasteiger partial charge in [0.25, 0.3) is 11.5 Å². The van der Waals surface area contributed by atoms with E-state index < -0.39 is 0 Å². The van der Waals surface area contributed by atoms with Crippen LogP contribution >= 0.6 is 22.9 Å². The fourth-order valence-corrected chi connectivity index (χ4v) is 3.52. The van der Waals surface area contributed by atoms with Crippen molar-refractivity contribution in [2.24, 2.45) is 0 Å². The number of amides is 1. The minimum absolute atomic E-state index is 0.106. The Morgan fingerprint density at radius 3 is 2.63 bits per heavy atom. The lowest BCUT2D eigenvalue weighted by Crippen LogP contribution is -2.21. The number of aromatic nitrogens is 2. The van der Waals surface area contributed by atoms with Crippen LogP contribution in [0.2, 0.25) is 5.02 Å². The smallest absolute Gasteiger partial charge is 0.267 e. The fourth-order valence-electron chi connectivity index (χ4n) is 2.46. The molecule has 0 aliphatic heterocycles. The Morgan fingerprint density at radius 2 is 1.96 bits per heavy atom. The SMILES string of the molecule is CC(C)(C)c1ncc(C(=O)Nc2ccc(=O)n(Cc3ccccc3Cl)c2)s1. The molecule has 27 heavy (non-hydrogen) atoms. The fraction of sp³-hybridized carbons (Fsp3) is 0.250. The monoisotopic (exact) mass is 401 g/mol. The molecule has 0 bridgehead atoms. The first-order valence-electron chi connectivity index (χ1n) is 8.45. The summed E-state index contributed by atoms with van der Waals surface area (Å²) in [6.07, 6.45) is 3.20. The van der Waals surface area contributed by atoms with E-state index in [1.807, 2.05) is 18.2 Å². The van der Waals surface area contributed by atoms with Gasteiger partial charge in [-0.25, -0.2) is 4.98 Å². The van der Waals surface area contributed by atoms with Gasteiger partial charge in [0.2, 0.25) is 0 Å². The highest BCUT2D eigenvalue weighted by molar-refractivity contribution is 7.13. The van der Waals surface area contributed by atoms with Crippen LogP contribution in [-0.4, -0.2) is 15.5 Å². The molecule has 1 aromatic carbocycles. The molecule has 2 heterocycles. The maximum atomic E-state index is 12.5. The highest BCUT2D eigenvalue weighted by atomic mass is 35.5. The van der Waals surface area contributed by atoms with E-state index in [0.717, 1.165) is 10.6 Å². The lowest BCUT2D eigenvalue weighted by atomic mass is 9.98. The Balaban J connectivity index is 1.80. The predicted molar refractivity (Wildman–Crippen MR) is 110 cm³/mol. The summed E-state index contributed by atoms with van der Waals surface area (Å²) < 4.78 is 1.52. The zero-order valence-electron chi connectivity index (χ0n) is 15.3. The number of hydrogen-bond acceptors (Lipinski definition) is 4. The first-order valence-corrected chi connectivity index (χ1v) is 9.65. The topological polar surface area (TPSA) is 64.0 Å². The Bertz CT molecular complexity index is 1030. The summed E-state index contributed by atoms with van der Waals surface area (Å²) in [5, 5.41) is 4.32. The second-order valence-electron chi connectivity index (χ2n) is 7.21. The zero-order chi connectivity index (χ0) is 19.6. The largest absolute Gasteiger partial charge is 0.320 e. The van der Waals surface area contributed by atoms with Crippen molar-refractivity contribution in [3.05, 3.63) is 79.6 Å². The Hall–Kier alpha value is -2.44. The van der Waals surface area contributed by atoms with Crippen molar-refractivity contribution in [3.8, 4) is 0 Å². The van der Waals surface area contributed by atoms with Crippen LogP contribution < -0.4 is 10.9 Å². The van der Waals surface area contributed by atoms with Gasteiger partial charge >= 0.3 is 0 Å². The molecule has 0 saturated heterocycles. The molecule has 0 aliphatic rings. The molecule has 140 valence electrons. The molecule has 3 aromatic rings. The van der Waals surface area contributed by atoms with E-state index in [1.165, 1.54) is 22.0 Å². The molecule has 0 saturated carbocycles. The molecule has 5 nitrogen and oxygen atoms in total. The average Bonchev–Trinajstić information content (AvgIpc) is 3.10. The van der Waals surface area contributed by atoms with Crippen LogP contribution in [0.3, 0.4) is 0 Å². The summed E-state index contributed by atoms with van der Waals surface area (Å²) in [5.41, 5.74) is 1.10. The molecule has 2 aromatic heterocycles. The van der Waals surface area contributed by atoms with Gasteiger partial charge in [0.05, 0.1) is 23.4 Å². The van der Waals surface area contributed by atoms with Gasteiger partial charge in [0.15, 0.2) is 0 Å². The molecule has 1 N–H and O–H groups in total. The molecular weight excluding hydrogens is 382 g/mol. The standard InChI is InChI=1S/C20H20ClN3O2S/c1-20(2,3)19-22-10-16(27-19)18(26)23-14-8-9-17(25)24(12-14)11-13-6-4-5-7-15(13)21/h4-10,12H,11H2,1-3H3,(H,23,26). The van der Waals surface area contributed by atoms with Gasteiger partial charge in [0, 0.05) is 22.7 Å². The highest BCUT2D eigenvalue weighted by Gasteiger charge is 2.20. The third kappa shape index (κ3) is 4.64. The van der Waals surface area contributed by atoms with Gasteiger partial charge < -0.3 is 9.88 Å². The van der Waals surface area contributed by atoms with E-state index in [1.54, 1.807) is 24.5 Å². The lowest BCUT2D eigenvalue weighted by molar-refractivity contribution is 0.103. The maximum Gasteiger partial charge on any atom is 0.267 e. The van der Waals surface area contributed by atoms with Gasteiger partial charge in [-0.2, -0.15) is 0 Å². The van der Waals surface area contributed by atoms with Crippen LogP contribution in [0.25, 0.3) is 0 Å². The van der Waals surface area contributed by atoms with E-state index in [4.69, 9.17) is 11.6 Å². The molecule has 0 spiro atoms. The average molecular weight is 402 g/mol. The number of carbonyl (C=O) groups excluding carboxylic acids is 1. The molecule has 1 amide bonds. The molecule has 7 heteroatoms.